The summed E-state index contributed by atoms with van der Waals surface area (Å²) < 4.78 is 67.0. The number of aromatic nitrogens is 2. The van der Waals surface area contributed by atoms with Crippen molar-refractivity contribution in [3.8, 4) is 22.9 Å². The lowest BCUT2D eigenvalue weighted by molar-refractivity contribution is 0.0992. The van der Waals surface area contributed by atoms with Crippen LogP contribution in [-0.4, -0.2) is 20.9 Å². The van der Waals surface area contributed by atoms with Gasteiger partial charge in [-0.25, -0.2) is 17.6 Å². The number of nitrogens with two attached hydrogens (primary N) is 2. The summed E-state index contributed by atoms with van der Waals surface area (Å²) in [7, 11) is 0. The zero-order chi connectivity index (χ0) is 40.8. The van der Waals surface area contributed by atoms with Crippen LogP contribution in [0.1, 0.15) is 43.1 Å². The van der Waals surface area contributed by atoms with Crippen molar-refractivity contribution in [2.24, 2.45) is 11.5 Å². The normalized spacial score (nSPS) is 10.7. The summed E-state index contributed by atoms with van der Waals surface area (Å²) in [5, 5.41) is -0.249. The predicted octanol–water partition coefficient (Wildman–Crippen LogP) is 7.42. The average Bonchev–Trinajstić information content (AvgIpc) is 3.15. The smallest absolute Gasteiger partial charge is 0.278 e. The van der Waals surface area contributed by atoms with Crippen LogP contribution in [0.25, 0.3) is 11.4 Å². The van der Waals surface area contributed by atoms with E-state index in [0.717, 1.165) is 34.4 Å². The van der Waals surface area contributed by atoms with Crippen LogP contribution in [0.3, 0.4) is 0 Å². The van der Waals surface area contributed by atoms with Gasteiger partial charge < -0.3 is 20.9 Å². The van der Waals surface area contributed by atoms with Gasteiger partial charge in [-0.15, -0.1) is 0 Å². The number of carbonyl (C=O) groups is 2. The summed E-state index contributed by atoms with van der Waals surface area (Å²) in [6.45, 7) is 3.08. The van der Waals surface area contributed by atoms with Gasteiger partial charge >= 0.3 is 0 Å². The molecule has 4 aromatic carbocycles. The van der Waals surface area contributed by atoms with Crippen molar-refractivity contribution in [2.45, 2.75) is 27.1 Å². The fourth-order valence-electron chi connectivity index (χ4n) is 5.22. The summed E-state index contributed by atoms with van der Waals surface area (Å²) in [4.78, 5) is 48.2. The van der Waals surface area contributed by atoms with E-state index in [1.54, 1.807) is 43.3 Å². The molecule has 10 nitrogen and oxygen atoms in total. The fraction of sp³-hybridized carbons (Fsp3) is 0.100. The molecule has 0 aliphatic rings. The highest BCUT2D eigenvalue weighted by Crippen LogP contribution is 2.27. The maximum absolute atomic E-state index is 13.8. The SMILES string of the molecule is Cc1ccc(C(N)=O)cc1-n1c(C)cc(OCc2ccc(F)cc2F)c(Br)c1=O.NC(=O)c1cccc(-n2[c]cc(OCc3ccc(F)cc3F)c(Cl)c2=O)c1. The van der Waals surface area contributed by atoms with E-state index < -0.39 is 46.2 Å². The highest BCUT2D eigenvalue weighted by molar-refractivity contribution is 9.10. The van der Waals surface area contributed by atoms with E-state index in [1.165, 1.54) is 34.9 Å². The second-order valence-corrected chi connectivity index (χ2v) is 13.2. The molecule has 2 heterocycles. The summed E-state index contributed by atoms with van der Waals surface area (Å²) in [6, 6.07) is 20.1. The van der Waals surface area contributed by atoms with E-state index in [4.69, 9.17) is 32.5 Å². The van der Waals surface area contributed by atoms with E-state index in [-0.39, 0.29) is 56.5 Å². The van der Waals surface area contributed by atoms with E-state index in [1.807, 2.05) is 6.92 Å². The lowest BCUT2D eigenvalue weighted by Crippen LogP contribution is -2.23. The molecule has 0 saturated carbocycles. The number of benzene rings is 4. The lowest BCUT2D eigenvalue weighted by atomic mass is 10.1. The maximum Gasteiger partial charge on any atom is 0.278 e. The number of nitrogens with zero attached hydrogens (tertiary/aromatic N) is 2. The number of amides is 2. The first kappa shape index (κ1) is 41.0. The quantitative estimate of drug-likeness (QED) is 0.137. The van der Waals surface area contributed by atoms with Crippen LogP contribution in [-0.2, 0) is 13.2 Å². The van der Waals surface area contributed by atoms with Gasteiger partial charge in [0.15, 0.2) is 0 Å². The zero-order valence-electron chi connectivity index (χ0n) is 29.3. The van der Waals surface area contributed by atoms with E-state index in [0.29, 0.717) is 17.1 Å². The van der Waals surface area contributed by atoms with Crippen LogP contribution in [0.2, 0.25) is 5.02 Å². The molecule has 1 radical (unpaired) electrons. The number of pyridine rings is 2. The van der Waals surface area contributed by atoms with Gasteiger partial charge in [-0.05, 0) is 89.9 Å². The first-order chi connectivity index (χ1) is 26.5. The molecule has 6 rings (SSSR count). The van der Waals surface area contributed by atoms with Crippen LogP contribution in [0, 0.1) is 43.3 Å². The molecular formula is C40H29BrClF4N4O6. The molecule has 16 heteroatoms. The van der Waals surface area contributed by atoms with Gasteiger partial charge in [-0.1, -0.05) is 23.7 Å². The van der Waals surface area contributed by atoms with E-state index in [9.17, 15) is 36.7 Å². The first-order valence-electron chi connectivity index (χ1n) is 16.3. The predicted molar refractivity (Wildman–Crippen MR) is 204 cm³/mol. The Bertz CT molecular complexity index is 2620. The lowest BCUT2D eigenvalue weighted by Gasteiger charge is -2.17. The average molecular weight is 853 g/mol. The first-order valence-corrected chi connectivity index (χ1v) is 17.4. The van der Waals surface area contributed by atoms with Gasteiger partial charge in [-0.3, -0.25) is 28.3 Å². The van der Waals surface area contributed by atoms with Crippen molar-refractivity contribution >= 4 is 39.3 Å². The molecule has 0 spiro atoms. The van der Waals surface area contributed by atoms with Crippen LogP contribution >= 0.6 is 27.5 Å². The molecular weight excluding hydrogens is 824 g/mol. The number of hydrogen-bond donors (Lipinski definition) is 2. The maximum atomic E-state index is 13.8. The molecule has 287 valence electrons. The number of ether oxygens (including phenoxy) is 2. The van der Waals surface area contributed by atoms with E-state index in [2.05, 4.69) is 22.1 Å². The third-order valence-electron chi connectivity index (χ3n) is 8.15. The highest BCUT2D eigenvalue weighted by Gasteiger charge is 2.17. The van der Waals surface area contributed by atoms with Crippen molar-refractivity contribution in [2.75, 3.05) is 0 Å². The second-order valence-electron chi connectivity index (χ2n) is 12.0. The Hall–Kier alpha value is -6.19. The molecule has 6 aromatic rings. The molecule has 56 heavy (non-hydrogen) atoms. The molecule has 0 aliphatic carbocycles. The van der Waals surface area contributed by atoms with Gasteiger partial charge in [0.05, 0.1) is 17.6 Å². The van der Waals surface area contributed by atoms with Crippen molar-refractivity contribution in [1.29, 1.82) is 0 Å². The Labute approximate surface area is 329 Å². The number of hydrogen-bond acceptors (Lipinski definition) is 6. The fourth-order valence-corrected chi connectivity index (χ4v) is 5.82. The van der Waals surface area contributed by atoms with Crippen molar-refractivity contribution in [1.82, 2.24) is 9.13 Å². The highest BCUT2D eigenvalue weighted by atomic mass is 79.9. The van der Waals surface area contributed by atoms with Crippen molar-refractivity contribution in [3.05, 3.63) is 184 Å². The van der Waals surface area contributed by atoms with Crippen LogP contribution < -0.4 is 32.1 Å². The minimum absolute atomic E-state index is 0.00676. The van der Waals surface area contributed by atoms with Crippen molar-refractivity contribution < 1.29 is 36.6 Å². The number of primary amides is 2. The van der Waals surface area contributed by atoms with Gasteiger partial charge in [0.1, 0.15) is 57.5 Å². The molecule has 0 aliphatic heterocycles. The summed E-state index contributed by atoms with van der Waals surface area (Å²) >= 11 is 9.29. The summed E-state index contributed by atoms with van der Waals surface area (Å²) in [6.07, 6.45) is 2.68. The van der Waals surface area contributed by atoms with Crippen LogP contribution in [0.4, 0.5) is 17.6 Å². The Kier molecular flexibility index (Phi) is 12.8. The standard InChI is InChI=1S/C21H17BrF2N2O3.C19H12ClF2N2O3/c1-11-3-4-13(20(25)27)8-17(11)26-12(2)7-18(19(22)21(26)28)29-10-14-5-6-15(23)9-16(14)24;20-17-16(27-10-12-4-5-13(21)9-15(12)22)6-7-24(19(17)26)14-3-1-2-11(8-14)18(23)25/h3-9H,10H2,1-2H3,(H2,25,27);1-6,8-9H,10H2,(H2,23,25). The number of halogens is 6. The molecule has 2 aromatic heterocycles. The monoisotopic (exact) mass is 851 g/mol. The van der Waals surface area contributed by atoms with Gasteiger partial charge in [-0.2, -0.15) is 0 Å². The third kappa shape index (κ3) is 9.36. The zero-order valence-corrected chi connectivity index (χ0v) is 31.7. The summed E-state index contributed by atoms with van der Waals surface area (Å²) in [5.74, 6) is -3.92. The molecule has 2 amide bonds. The van der Waals surface area contributed by atoms with Crippen molar-refractivity contribution in [3.63, 3.8) is 0 Å². The topological polar surface area (TPSA) is 149 Å². The minimum Gasteiger partial charge on any atom is -0.487 e. The molecule has 0 bridgehead atoms. The molecule has 0 atom stereocenters. The van der Waals surface area contributed by atoms with E-state index >= 15 is 0 Å². The largest absolute Gasteiger partial charge is 0.487 e. The molecule has 4 N–H and O–H groups in total. The van der Waals surface area contributed by atoms with Gasteiger partial charge in [0.25, 0.3) is 11.1 Å². The Balaban J connectivity index is 0.000000215. The minimum atomic E-state index is -0.772. The Morgan fingerprint density at radius 1 is 0.750 bits per heavy atom. The molecule has 0 saturated heterocycles. The number of rotatable bonds is 10. The number of carbonyl (C=O) groups excluding carboxylic acids is 2. The number of aryl methyl sites for hydroxylation is 2. The van der Waals surface area contributed by atoms with Crippen LogP contribution in [0.5, 0.6) is 11.5 Å². The molecule has 0 unspecified atom stereocenters. The summed E-state index contributed by atoms with van der Waals surface area (Å²) in [5.41, 5.74) is 12.4. The van der Waals surface area contributed by atoms with Gasteiger partial charge in [0.2, 0.25) is 11.8 Å². The van der Waals surface area contributed by atoms with Crippen LogP contribution in [0.15, 0.2) is 105 Å². The molecule has 0 fully saturated rings. The van der Waals surface area contributed by atoms with Gasteiger partial charge in [0, 0.05) is 52.2 Å². The Morgan fingerprint density at radius 2 is 1.32 bits per heavy atom. The Morgan fingerprint density at radius 3 is 1.89 bits per heavy atom. The second kappa shape index (κ2) is 17.5. The third-order valence-corrected chi connectivity index (χ3v) is 9.23.